The second-order valence-electron chi connectivity index (χ2n) is 6.00. The number of methoxy groups -OCH3 is 1. The van der Waals surface area contributed by atoms with Crippen molar-refractivity contribution < 1.29 is 9.53 Å². The van der Waals surface area contributed by atoms with Gasteiger partial charge in [-0.15, -0.1) is 10.2 Å². The number of thioether (sulfide) groups is 1. The van der Waals surface area contributed by atoms with Crippen LogP contribution in [-0.2, 0) is 11.3 Å². The van der Waals surface area contributed by atoms with E-state index >= 15 is 0 Å². The highest BCUT2D eigenvalue weighted by molar-refractivity contribution is 8.00. The van der Waals surface area contributed by atoms with Crippen molar-refractivity contribution in [3.63, 3.8) is 0 Å². The maximum Gasteiger partial charge on any atom is 0.242 e. The molecule has 0 aliphatic carbocycles. The molecule has 2 aromatic carbocycles. The summed E-state index contributed by atoms with van der Waals surface area (Å²) in [6, 6.07) is 15.4. The number of hydrogen-bond acceptors (Lipinski definition) is 5. The number of ether oxygens (including phenoxy) is 1. The van der Waals surface area contributed by atoms with E-state index in [9.17, 15) is 4.79 Å². The van der Waals surface area contributed by atoms with Gasteiger partial charge < -0.3 is 14.6 Å². The van der Waals surface area contributed by atoms with Crippen LogP contribution in [0.2, 0.25) is 0 Å². The zero-order valence-corrected chi connectivity index (χ0v) is 16.4. The second-order valence-corrected chi connectivity index (χ2v) is 7.07. The van der Waals surface area contributed by atoms with Crippen molar-refractivity contribution in [2.75, 3.05) is 12.4 Å². The van der Waals surface area contributed by atoms with Gasteiger partial charge >= 0.3 is 0 Å². The van der Waals surface area contributed by atoms with Crippen LogP contribution in [-0.4, -0.2) is 27.8 Å². The SMILES string of the molecule is CCn1cnnc1S[C@H](C(=O)Nc1cc(C)ccc1OC)c1ccccc1. The fourth-order valence-corrected chi connectivity index (χ4v) is 3.75. The van der Waals surface area contributed by atoms with Crippen LogP contribution in [0.25, 0.3) is 0 Å². The molecular weight excluding hydrogens is 360 g/mol. The minimum absolute atomic E-state index is 0.138. The number of amides is 1. The van der Waals surface area contributed by atoms with Crippen LogP contribution in [0.5, 0.6) is 5.75 Å². The maximum absolute atomic E-state index is 13.2. The van der Waals surface area contributed by atoms with E-state index in [0.29, 0.717) is 16.6 Å². The molecule has 0 aliphatic rings. The van der Waals surface area contributed by atoms with Gasteiger partial charge in [0.15, 0.2) is 5.16 Å². The first-order chi connectivity index (χ1) is 13.1. The van der Waals surface area contributed by atoms with Crippen molar-refractivity contribution in [2.45, 2.75) is 30.8 Å². The molecule has 27 heavy (non-hydrogen) atoms. The normalized spacial score (nSPS) is 11.8. The highest BCUT2D eigenvalue weighted by atomic mass is 32.2. The van der Waals surface area contributed by atoms with Gasteiger partial charge in [0.05, 0.1) is 12.8 Å². The van der Waals surface area contributed by atoms with Crippen molar-refractivity contribution in [1.82, 2.24) is 14.8 Å². The Balaban J connectivity index is 1.91. The number of hydrogen-bond donors (Lipinski definition) is 1. The molecule has 3 aromatic rings. The van der Waals surface area contributed by atoms with Crippen molar-refractivity contribution >= 4 is 23.4 Å². The molecule has 140 valence electrons. The molecule has 0 bridgehead atoms. The Morgan fingerprint density at radius 2 is 2.04 bits per heavy atom. The topological polar surface area (TPSA) is 69.0 Å². The highest BCUT2D eigenvalue weighted by Gasteiger charge is 2.25. The van der Waals surface area contributed by atoms with E-state index in [4.69, 9.17) is 4.74 Å². The third-order valence-corrected chi connectivity index (χ3v) is 5.35. The Hall–Kier alpha value is -2.80. The predicted octanol–water partition coefficient (Wildman–Crippen LogP) is 4.09. The van der Waals surface area contributed by atoms with Crippen molar-refractivity contribution in [1.29, 1.82) is 0 Å². The zero-order valence-electron chi connectivity index (χ0n) is 15.5. The molecule has 1 atom stereocenters. The number of benzene rings is 2. The lowest BCUT2D eigenvalue weighted by Crippen LogP contribution is -2.20. The number of nitrogens with one attached hydrogen (secondary N) is 1. The summed E-state index contributed by atoms with van der Waals surface area (Å²) >= 11 is 1.38. The van der Waals surface area contributed by atoms with Crippen molar-refractivity contribution in [2.24, 2.45) is 0 Å². The Bertz CT molecular complexity index is 911. The third kappa shape index (κ3) is 4.49. The fraction of sp³-hybridized carbons (Fsp3) is 0.250. The summed E-state index contributed by atoms with van der Waals surface area (Å²) in [5, 5.41) is 11.4. The first-order valence-corrected chi connectivity index (χ1v) is 9.55. The summed E-state index contributed by atoms with van der Waals surface area (Å²) < 4.78 is 7.30. The van der Waals surface area contributed by atoms with E-state index in [-0.39, 0.29) is 5.91 Å². The number of carbonyl (C=O) groups excluding carboxylic acids is 1. The van der Waals surface area contributed by atoms with E-state index in [1.54, 1.807) is 13.4 Å². The highest BCUT2D eigenvalue weighted by Crippen LogP contribution is 2.36. The minimum Gasteiger partial charge on any atom is -0.495 e. The van der Waals surface area contributed by atoms with Crippen LogP contribution in [0, 0.1) is 6.92 Å². The standard InChI is InChI=1S/C20H22N4O2S/c1-4-24-13-21-23-20(24)27-18(15-8-6-5-7-9-15)19(25)22-16-12-14(2)10-11-17(16)26-3/h5-13,18H,4H2,1-3H3,(H,22,25)/t18-/m0/s1. The van der Waals surface area contributed by atoms with E-state index in [2.05, 4.69) is 15.5 Å². The van der Waals surface area contributed by atoms with Crippen LogP contribution in [0.4, 0.5) is 5.69 Å². The number of aryl methyl sites for hydroxylation is 2. The molecule has 1 aromatic heterocycles. The van der Waals surface area contributed by atoms with Crippen molar-refractivity contribution in [3.05, 3.63) is 66.0 Å². The molecule has 0 aliphatic heterocycles. The number of rotatable bonds is 7. The van der Waals surface area contributed by atoms with Crippen LogP contribution >= 0.6 is 11.8 Å². The number of aromatic nitrogens is 3. The van der Waals surface area contributed by atoms with E-state index in [1.807, 2.05) is 66.9 Å². The molecule has 0 fully saturated rings. The minimum atomic E-state index is -0.467. The Labute approximate surface area is 163 Å². The quantitative estimate of drug-likeness (QED) is 0.624. The lowest BCUT2D eigenvalue weighted by atomic mass is 10.1. The molecule has 1 amide bonds. The molecule has 1 heterocycles. The van der Waals surface area contributed by atoms with Gasteiger partial charge in [0, 0.05) is 6.54 Å². The van der Waals surface area contributed by atoms with Gasteiger partial charge in [0.1, 0.15) is 17.3 Å². The van der Waals surface area contributed by atoms with Gasteiger partial charge in [-0.1, -0.05) is 48.2 Å². The number of anilines is 1. The Kier molecular flexibility index (Phi) is 6.13. The summed E-state index contributed by atoms with van der Waals surface area (Å²) in [7, 11) is 1.59. The summed E-state index contributed by atoms with van der Waals surface area (Å²) in [5.41, 5.74) is 2.60. The first kappa shape index (κ1) is 19.0. The van der Waals surface area contributed by atoms with E-state index in [1.165, 1.54) is 11.8 Å². The molecule has 1 N–H and O–H groups in total. The van der Waals surface area contributed by atoms with Gasteiger partial charge in [0.2, 0.25) is 5.91 Å². The molecule has 6 nitrogen and oxygen atoms in total. The summed E-state index contributed by atoms with van der Waals surface area (Å²) in [6.07, 6.45) is 1.67. The monoisotopic (exact) mass is 382 g/mol. The summed E-state index contributed by atoms with van der Waals surface area (Å²) in [6.45, 7) is 4.73. The average molecular weight is 382 g/mol. The second kappa shape index (κ2) is 8.73. The molecule has 0 radical (unpaired) electrons. The molecule has 0 saturated carbocycles. The molecule has 0 unspecified atom stereocenters. The lowest BCUT2D eigenvalue weighted by Gasteiger charge is -2.18. The van der Waals surface area contributed by atoms with E-state index < -0.39 is 5.25 Å². The van der Waals surface area contributed by atoms with Gasteiger partial charge in [-0.05, 0) is 37.1 Å². The third-order valence-electron chi connectivity index (χ3n) is 4.10. The lowest BCUT2D eigenvalue weighted by molar-refractivity contribution is -0.115. The van der Waals surface area contributed by atoms with E-state index in [0.717, 1.165) is 17.7 Å². The molecule has 7 heteroatoms. The summed E-state index contributed by atoms with van der Waals surface area (Å²) in [5.74, 6) is 0.489. The zero-order chi connectivity index (χ0) is 19.2. The average Bonchev–Trinajstić information content (AvgIpc) is 3.14. The Morgan fingerprint density at radius 3 is 2.74 bits per heavy atom. The van der Waals surface area contributed by atoms with Gasteiger partial charge in [0.25, 0.3) is 0 Å². The summed E-state index contributed by atoms with van der Waals surface area (Å²) in [4.78, 5) is 13.2. The fourth-order valence-electron chi connectivity index (χ4n) is 2.68. The van der Waals surface area contributed by atoms with Crippen LogP contribution in [0.3, 0.4) is 0 Å². The molecular formula is C20H22N4O2S. The van der Waals surface area contributed by atoms with Crippen LogP contribution < -0.4 is 10.1 Å². The first-order valence-electron chi connectivity index (χ1n) is 8.67. The van der Waals surface area contributed by atoms with Crippen LogP contribution in [0.15, 0.2) is 60.0 Å². The van der Waals surface area contributed by atoms with Crippen molar-refractivity contribution in [3.8, 4) is 5.75 Å². The van der Waals surface area contributed by atoms with Gasteiger partial charge in [-0.3, -0.25) is 4.79 Å². The molecule has 0 saturated heterocycles. The van der Waals surface area contributed by atoms with Crippen LogP contribution in [0.1, 0.15) is 23.3 Å². The predicted molar refractivity (Wildman–Crippen MR) is 107 cm³/mol. The number of nitrogens with zero attached hydrogens (tertiary/aromatic N) is 3. The molecule has 3 rings (SSSR count). The number of carbonyl (C=O) groups is 1. The van der Waals surface area contributed by atoms with Gasteiger partial charge in [-0.2, -0.15) is 0 Å². The van der Waals surface area contributed by atoms with Gasteiger partial charge in [-0.25, -0.2) is 0 Å². The largest absolute Gasteiger partial charge is 0.495 e. The molecule has 0 spiro atoms. The Morgan fingerprint density at radius 1 is 1.26 bits per heavy atom. The smallest absolute Gasteiger partial charge is 0.242 e. The maximum atomic E-state index is 13.2.